The summed E-state index contributed by atoms with van der Waals surface area (Å²) in [6.45, 7) is 8.37. The Hall–Kier alpha value is -3.14. The van der Waals surface area contributed by atoms with E-state index < -0.39 is 0 Å². The first-order valence-electron chi connectivity index (χ1n) is 11.6. The van der Waals surface area contributed by atoms with Gasteiger partial charge in [-0.2, -0.15) is 0 Å². The van der Waals surface area contributed by atoms with Gasteiger partial charge in [-0.1, -0.05) is 84.9 Å². The number of hydrogen-bond donors (Lipinski definition) is 0. The Kier molecular flexibility index (Phi) is 4.45. The molecular weight excluding hydrogens is 403 g/mol. The second kappa shape index (κ2) is 7.18. The predicted octanol–water partition coefficient (Wildman–Crippen LogP) is 7.11. The molecule has 1 fully saturated rings. The summed E-state index contributed by atoms with van der Waals surface area (Å²) in [6, 6.07) is 32.8. The number of hydrogen-bond acceptors (Lipinski definition) is 2. The highest BCUT2D eigenvalue weighted by Gasteiger charge is 2.51. The van der Waals surface area contributed by atoms with E-state index in [0.29, 0.717) is 0 Å². The van der Waals surface area contributed by atoms with E-state index in [0.717, 1.165) is 5.46 Å². The Morgan fingerprint density at radius 3 is 1.55 bits per heavy atom. The van der Waals surface area contributed by atoms with Gasteiger partial charge in [-0.05, 0) is 82.7 Å². The second-order valence-corrected chi connectivity index (χ2v) is 10.1. The third-order valence-electron chi connectivity index (χ3n) is 7.49. The minimum atomic E-state index is -0.361. The monoisotopic (exact) mass is 430 g/mol. The van der Waals surface area contributed by atoms with Crippen molar-refractivity contribution in [1.29, 1.82) is 0 Å². The van der Waals surface area contributed by atoms with E-state index >= 15 is 0 Å². The average molecular weight is 430 g/mol. The first kappa shape index (κ1) is 20.5. The minimum absolute atomic E-state index is 0.351. The van der Waals surface area contributed by atoms with Crippen molar-refractivity contribution in [3.8, 4) is 11.1 Å². The fourth-order valence-electron chi connectivity index (χ4n) is 4.93. The van der Waals surface area contributed by atoms with Crippen LogP contribution in [0.3, 0.4) is 0 Å². The van der Waals surface area contributed by atoms with Crippen molar-refractivity contribution in [2.75, 3.05) is 0 Å². The van der Waals surface area contributed by atoms with Crippen LogP contribution in [0, 0.1) is 0 Å². The summed E-state index contributed by atoms with van der Waals surface area (Å²) in [7, 11) is -0.361. The highest BCUT2D eigenvalue weighted by molar-refractivity contribution is 6.62. The quantitative estimate of drug-likeness (QED) is 0.219. The molecular formula is C30H27BO2. The van der Waals surface area contributed by atoms with Crippen LogP contribution in [0.4, 0.5) is 0 Å². The molecule has 33 heavy (non-hydrogen) atoms. The lowest BCUT2D eigenvalue weighted by molar-refractivity contribution is 0.00578. The molecule has 0 aliphatic carbocycles. The standard InChI is InChI=1S/C30H27BO2/c1-29(2)30(3,4)33-31(32-29)22-11-9-10-20(18-22)21-16-17-27-25-14-6-5-12-23(25)24-13-7-8-15-26(24)28(27)19-21/h5-19H,1-4H3. The van der Waals surface area contributed by atoms with Crippen molar-refractivity contribution in [1.82, 2.24) is 0 Å². The lowest BCUT2D eigenvalue weighted by Crippen LogP contribution is -2.41. The summed E-state index contributed by atoms with van der Waals surface area (Å²) in [5, 5.41) is 7.75. The Balaban J connectivity index is 1.50. The maximum absolute atomic E-state index is 6.29. The van der Waals surface area contributed by atoms with Gasteiger partial charge >= 0.3 is 7.12 Å². The van der Waals surface area contributed by atoms with Crippen LogP contribution in [0.5, 0.6) is 0 Å². The van der Waals surface area contributed by atoms with E-state index in [4.69, 9.17) is 9.31 Å². The molecule has 1 saturated heterocycles. The first-order chi connectivity index (χ1) is 15.8. The molecule has 0 atom stereocenters. The Labute approximate surface area is 195 Å². The molecule has 0 saturated carbocycles. The molecule has 5 aromatic rings. The zero-order chi connectivity index (χ0) is 22.8. The van der Waals surface area contributed by atoms with E-state index in [1.807, 2.05) is 0 Å². The molecule has 1 aliphatic rings. The molecule has 0 unspecified atom stereocenters. The SMILES string of the molecule is CC1(C)OB(c2cccc(-c3ccc4c5ccccc5c5ccccc5c4c3)c2)OC1(C)C. The molecule has 2 nitrogen and oxygen atoms in total. The molecule has 0 amide bonds. The van der Waals surface area contributed by atoms with Gasteiger partial charge in [0, 0.05) is 0 Å². The van der Waals surface area contributed by atoms with Crippen molar-refractivity contribution in [3.05, 3.63) is 91.0 Å². The van der Waals surface area contributed by atoms with E-state index in [1.165, 1.54) is 43.4 Å². The zero-order valence-electron chi connectivity index (χ0n) is 19.6. The fourth-order valence-corrected chi connectivity index (χ4v) is 4.93. The van der Waals surface area contributed by atoms with Gasteiger partial charge in [-0.3, -0.25) is 0 Å². The van der Waals surface area contributed by atoms with Gasteiger partial charge < -0.3 is 9.31 Å². The van der Waals surface area contributed by atoms with Gasteiger partial charge in [-0.25, -0.2) is 0 Å². The molecule has 0 aromatic heterocycles. The lowest BCUT2D eigenvalue weighted by Gasteiger charge is -2.32. The minimum Gasteiger partial charge on any atom is -0.399 e. The van der Waals surface area contributed by atoms with Crippen molar-refractivity contribution in [2.24, 2.45) is 0 Å². The number of rotatable bonds is 2. The van der Waals surface area contributed by atoms with Gasteiger partial charge in [0.15, 0.2) is 0 Å². The highest BCUT2D eigenvalue weighted by atomic mass is 16.7. The van der Waals surface area contributed by atoms with Gasteiger partial charge in [0.25, 0.3) is 0 Å². The molecule has 6 rings (SSSR count). The van der Waals surface area contributed by atoms with Crippen LogP contribution >= 0.6 is 0 Å². The maximum Gasteiger partial charge on any atom is 0.494 e. The third kappa shape index (κ3) is 3.19. The largest absolute Gasteiger partial charge is 0.494 e. The van der Waals surface area contributed by atoms with Crippen LogP contribution < -0.4 is 5.46 Å². The molecule has 3 heteroatoms. The predicted molar refractivity (Wildman–Crippen MR) is 140 cm³/mol. The lowest BCUT2D eigenvalue weighted by atomic mass is 9.78. The van der Waals surface area contributed by atoms with Crippen molar-refractivity contribution in [3.63, 3.8) is 0 Å². The Morgan fingerprint density at radius 1 is 0.485 bits per heavy atom. The number of benzene rings is 5. The van der Waals surface area contributed by atoms with Crippen LogP contribution in [0.25, 0.3) is 43.4 Å². The smallest absolute Gasteiger partial charge is 0.399 e. The summed E-state index contributed by atoms with van der Waals surface area (Å²) < 4.78 is 12.6. The average Bonchev–Trinajstić information content (AvgIpc) is 3.06. The van der Waals surface area contributed by atoms with Crippen LogP contribution in [0.1, 0.15) is 27.7 Å². The normalized spacial score (nSPS) is 17.3. The summed E-state index contributed by atoms with van der Waals surface area (Å²) in [4.78, 5) is 0. The summed E-state index contributed by atoms with van der Waals surface area (Å²) in [6.07, 6.45) is 0. The van der Waals surface area contributed by atoms with Gasteiger partial charge in [0.1, 0.15) is 0 Å². The molecule has 0 bridgehead atoms. The van der Waals surface area contributed by atoms with Crippen LogP contribution in [-0.4, -0.2) is 18.3 Å². The van der Waals surface area contributed by atoms with Gasteiger partial charge in [0.05, 0.1) is 11.2 Å². The van der Waals surface area contributed by atoms with E-state index in [2.05, 4.69) is 119 Å². The van der Waals surface area contributed by atoms with Crippen molar-refractivity contribution >= 4 is 44.9 Å². The maximum atomic E-state index is 6.29. The van der Waals surface area contributed by atoms with Crippen LogP contribution in [-0.2, 0) is 9.31 Å². The Bertz CT molecular complexity index is 1480. The summed E-state index contributed by atoms with van der Waals surface area (Å²) in [5.41, 5.74) is 2.71. The zero-order valence-corrected chi connectivity index (χ0v) is 19.6. The van der Waals surface area contributed by atoms with Crippen LogP contribution in [0.15, 0.2) is 91.0 Å². The van der Waals surface area contributed by atoms with Crippen LogP contribution in [0.2, 0.25) is 0 Å². The third-order valence-corrected chi connectivity index (χ3v) is 7.49. The molecule has 162 valence electrons. The summed E-state index contributed by atoms with van der Waals surface area (Å²) in [5.74, 6) is 0. The van der Waals surface area contributed by atoms with Gasteiger partial charge in [0.2, 0.25) is 0 Å². The topological polar surface area (TPSA) is 18.5 Å². The first-order valence-corrected chi connectivity index (χ1v) is 11.6. The number of fused-ring (bicyclic) bond motifs is 6. The Morgan fingerprint density at radius 2 is 0.970 bits per heavy atom. The molecule has 0 radical (unpaired) electrons. The van der Waals surface area contributed by atoms with E-state index in [1.54, 1.807) is 0 Å². The molecule has 1 aliphatic heterocycles. The van der Waals surface area contributed by atoms with E-state index in [9.17, 15) is 0 Å². The molecule has 0 spiro atoms. The molecule has 0 N–H and O–H groups in total. The van der Waals surface area contributed by atoms with Gasteiger partial charge in [-0.15, -0.1) is 0 Å². The highest BCUT2D eigenvalue weighted by Crippen LogP contribution is 2.38. The van der Waals surface area contributed by atoms with Crippen molar-refractivity contribution in [2.45, 2.75) is 38.9 Å². The molecule has 5 aromatic carbocycles. The molecule has 1 heterocycles. The fraction of sp³-hybridized carbons (Fsp3) is 0.200. The van der Waals surface area contributed by atoms with E-state index in [-0.39, 0.29) is 18.3 Å². The van der Waals surface area contributed by atoms with Crippen molar-refractivity contribution < 1.29 is 9.31 Å². The second-order valence-electron chi connectivity index (χ2n) is 10.1. The summed E-state index contributed by atoms with van der Waals surface area (Å²) >= 11 is 0.